The second-order valence-corrected chi connectivity index (χ2v) is 8.55. The summed E-state index contributed by atoms with van der Waals surface area (Å²) >= 11 is 4.49. The number of benzene rings is 2. The van der Waals surface area contributed by atoms with Gasteiger partial charge in [-0.15, -0.1) is 0 Å². The average Bonchev–Trinajstić information content (AvgIpc) is 2.98. The summed E-state index contributed by atoms with van der Waals surface area (Å²) in [5.74, 6) is 0. The molecule has 128 valence electrons. The highest BCUT2D eigenvalue weighted by atomic mass is 32.2. The minimum Gasteiger partial charge on any atom is -0.375 e. The molecule has 2 atom stereocenters. The first-order valence-electron chi connectivity index (χ1n) is 7.94. The first kappa shape index (κ1) is 17.5. The lowest BCUT2D eigenvalue weighted by Crippen LogP contribution is -2.38. The van der Waals surface area contributed by atoms with Crippen LogP contribution in [0.5, 0.6) is 0 Å². The Labute approximate surface area is 148 Å². The van der Waals surface area contributed by atoms with Gasteiger partial charge in [0, 0.05) is 17.8 Å². The maximum Gasteiger partial charge on any atom is 0.243 e. The summed E-state index contributed by atoms with van der Waals surface area (Å²) in [6, 6.07) is 18.2. The first-order chi connectivity index (χ1) is 11.6. The summed E-state index contributed by atoms with van der Waals surface area (Å²) in [7, 11) is -3.51. The van der Waals surface area contributed by atoms with Gasteiger partial charge < -0.3 is 4.74 Å². The Balaban J connectivity index is 1.68. The molecule has 24 heavy (non-hydrogen) atoms. The second kappa shape index (κ2) is 7.70. The zero-order chi connectivity index (χ0) is 17.0. The van der Waals surface area contributed by atoms with Crippen molar-refractivity contribution in [3.63, 3.8) is 0 Å². The van der Waals surface area contributed by atoms with E-state index in [-0.39, 0.29) is 11.3 Å². The molecule has 6 heteroatoms. The Morgan fingerprint density at radius 1 is 1.04 bits per heavy atom. The Hall–Kier alpha value is -1.34. The number of rotatable bonds is 6. The van der Waals surface area contributed by atoms with Crippen LogP contribution in [0, 0.1) is 0 Å². The van der Waals surface area contributed by atoms with Crippen LogP contribution in [0.25, 0.3) is 0 Å². The standard InChI is InChI=1S/C18H21NO3S2/c20-24(21,18-9-5-2-6-10-18)19-12-17(23)11-16(19)14-22-13-15-7-3-1-4-8-15/h1-10,16-17,23H,11-14H2/t16-,17+/m0/s1. The van der Waals surface area contributed by atoms with Crippen molar-refractivity contribution < 1.29 is 13.2 Å². The third-order valence-corrected chi connectivity index (χ3v) is 6.42. The minimum absolute atomic E-state index is 0.0359. The van der Waals surface area contributed by atoms with E-state index in [1.165, 1.54) is 4.31 Å². The summed E-state index contributed by atoms with van der Waals surface area (Å²) in [5, 5.41) is 0.0359. The van der Waals surface area contributed by atoms with Gasteiger partial charge in [-0.1, -0.05) is 48.5 Å². The van der Waals surface area contributed by atoms with Crippen LogP contribution in [0.2, 0.25) is 0 Å². The Morgan fingerprint density at radius 2 is 1.67 bits per heavy atom. The van der Waals surface area contributed by atoms with Crippen molar-refractivity contribution in [3.05, 3.63) is 66.2 Å². The van der Waals surface area contributed by atoms with Crippen LogP contribution in [-0.4, -0.2) is 37.2 Å². The SMILES string of the molecule is O=S(=O)(c1ccccc1)N1C[C@H](S)C[C@H]1COCc1ccccc1. The molecular weight excluding hydrogens is 342 g/mol. The molecule has 0 spiro atoms. The van der Waals surface area contributed by atoms with E-state index < -0.39 is 10.0 Å². The van der Waals surface area contributed by atoms with Crippen molar-refractivity contribution in [2.24, 2.45) is 0 Å². The van der Waals surface area contributed by atoms with Gasteiger partial charge in [0.2, 0.25) is 10.0 Å². The molecule has 4 nitrogen and oxygen atoms in total. The van der Waals surface area contributed by atoms with E-state index in [4.69, 9.17) is 4.74 Å². The van der Waals surface area contributed by atoms with Crippen molar-refractivity contribution in [3.8, 4) is 0 Å². The third kappa shape index (κ3) is 4.00. The first-order valence-corrected chi connectivity index (χ1v) is 9.89. The van der Waals surface area contributed by atoms with Gasteiger partial charge in [-0.05, 0) is 24.1 Å². The third-order valence-electron chi connectivity index (χ3n) is 4.11. The normalized spacial score (nSPS) is 21.9. The van der Waals surface area contributed by atoms with E-state index in [1.54, 1.807) is 24.3 Å². The van der Waals surface area contributed by atoms with Gasteiger partial charge in [0.05, 0.1) is 18.1 Å². The van der Waals surface area contributed by atoms with Gasteiger partial charge in [0.15, 0.2) is 0 Å². The number of thiol groups is 1. The quantitative estimate of drug-likeness (QED) is 0.803. The van der Waals surface area contributed by atoms with E-state index in [0.29, 0.717) is 31.1 Å². The van der Waals surface area contributed by atoms with Crippen LogP contribution in [0.4, 0.5) is 0 Å². The molecule has 0 amide bonds. The highest BCUT2D eigenvalue weighted by molar-refractivity contribution is 7.89. The van der Waals surface area contributed by atoms with E-state index >= 15 is 0 Å². The lowest BCUT2D eigenvalue weighted by atomic mass is 10.2. The van der Waals surface area contributed by atoms with Crippen molar-refractivity contribution >= 4 is 22.7 Å². The Bertz CT molecular complexity index is 750. The fourth-order valence-corrected chi connectivity index (χ4v) is 5.14. The van der Waals surface area contributed by atoms with Crippen molar-refractivity contribution in [2.45, 2.75) is 29.2 Å². The minimum atomic E-state index is -3.51. The van der Waals surface area contributed by atoms with E-state index in [9.17, 15) is 8.42 Å². The van der Waals surface area contributed by atoms with Gasteiger partial charge in [-0.3, -0.25) is 0 Å². The molecule has 1 saturated heterocycles. The summed E-state index contributed by atoms with van der Waals surface area (Å²) in [4.78, 5) is 0.320. The van der Waals surface area contributed by atoms with Crippen molar-refractivity contribution in [1.82, 2.24) is 4.31 Å². The molecule has 0 aromatic heterocycles. The van der Waals surface area contributed by atoms with Gasteiger partial charge >= 0.3 is 0 Å². The molecule has 0 saturated carbocycles. The summed E-state index contributed by atoms with van der Waals surface area (Å²) in [6.45, 7) is 1.27. The molecule has 1 aliphatic heterocycles. The lowest BCUT2D eigenvalue weighted by Gasteiger charge is -2.24. The van der Waals surface area contributed by atoms with Gasteiger partial charge in [-0.25, -0.2) is 8.42 Å². The summed E-state index contributed by atoms with van der Waals surface area (Å²) in [5.41, 5.74) is 1.08. The monoisotopic (exact) mass is 363 g/mol. The molecule has 0 bridgehead atoms. The summed E-state index contributed by atoms with van der Waals surface area (Å²) < 4.78 is 33.0. The fraction of sp³-hybridized carbons (Fsp3) is 0.333. The van der Waals surface area contributed by atoms with Crippen molar-refractivity contribution in [1.29, 1.82) is 0 Å². The molecule has 1 fully saturated rings. The smallest absolute Gasteiger partial charge is 0.243 e. The molecular formula is C18H21NO3S2. The Kier molecular flexibility index (Phi) is 5.61. The topological polar surface area (TPSA) is 46.6 Å². The van der Waals surface area contributed by atoms with E-state index in [2.05, 4.69) is 12.6 Å². The number of nitrogens with zero attached hydrogens (tertiary/aromatic N) is 1. The van der Waals surface area contributed by atoms with Crippen LogP contribution in [-0.2, 0) is 21.4 Å². The van der Waals surface area contributed by atoms with E-state index in [0.717, 1.165) is 5.56 Å². The maximum atomic E-state index is 12.9. The zero-order valence-corrected chi connectivity index (χ0v) is 15.0. The predicted molar refractivity (Wildman–Crippen MR) is 97.6 cm³/mol. The summed E-state index contributed by atoms with van der Waals surface area (Å²) in [6.07, 6.45) is 0.698. The van der Waals surface area contributed by atoms with Crippen LogP contribution in [0.15, 0.2) is 65.6 Å². The molecule has 1 aliphatic rings. The Morgan fingerprint density at radius 3 is 2.33 bits per heavy atom. The molecule has 0 N–H and O–H groups in total. The van der Waals surface area contributed by atoms with Crippen LogP contribution in [0.1, 0.15) is 12.0 Å². The highest BCUT2D eigenvalue weighted by Crippen LogP contribution is 2.29. The molecule has 0 aliphatic carbocycles. The lowest BCUT2D eigenvalue weighted by molar-refractivity contribution is 0.0873. The predicted octanol–water partition coefficient (Wildman–Crippen LogP) is 2.96. The average molecular weight is 364 g/mol. The zero-order valence-electron chi connectivity index (χ0n) is 13.3. The van der Waals surface area contributed by atoms with Crippen LogP contribution < -0.4 is 0 Å². The number of sulfonamides is 1. The largest absolute Gasteiger partial charge is 0.375 e. The molecule has 2 aromatic rings. The number of ether oxygens (including phenoxy) is 1. The fourth-order valence-electron chi connectivity index (χ4n) is 2.92. The van der Waals surface area contributed by atoms with Crippen LogP contribution in [0.3, 0.4) is 0 Å². The molecule has 0 radical (unpaired) electrons. The highest BCUT2D eigenvalue weighted by Gasteiger charge is 2.39. The molecule has 2 aromatic carbocycles. The van der Waals surface area contributed by atoms with Crippen molar-refractivity contribution in [2.75, 3.05) is 13.2 Å². The maximum absolute atomic E-state index is 12.9. The molecule has 3 rings (SSSR count). The number of hydrogen-bond acceptors (Lipinski definition) is 4. The van der Waals surface area contributed by atoms with E-state index in [1.807, 2.05) is 36.4 Å². The number of hydrogen-bond donors (Lipinski definition) is 1. The van der Waals surface area contributed by atoms with Gasteiger partial charge in [-0.2, -0.15) is 16.9 Å². The van der Waals surface area contributed by atoms with Crippen LogP contribution >= 0.6 is 12.6 Å². The second-order valence-electron chi connectivity index (χ2n) is 5.93. The molecule has 0 unspecified atom stereocenters. The molecule has 1 heterocycles. The van der Waals surface area contributed by atoms with Gasteiger partial charge in [0.1, 0.15) is 0 Å². The van der Waals surface area contributed by atoms with Gasteiger partial charge in [0.25, 0.3) is 0 Å².